The largest absolute Gasteiger partial charge is 0.484 e. The minimum atomic E-state index is -0.290. The average Bonchev–Trinajstić information content (AvgIpc) is 2.46. The van der Waals surface area contributed by atoms with Crippen molar-refractivity contribution < 1.29 is 4.74 Å². The molecule has 2 aromatic rings. The van der Waals surface area contributed by atoms with Crippen LogP contribution in [0.1, 0.15) is 22.8 Å². The van der Waals surface area contributed by atoms with E-state index in [0.29, 0.717) is 22.9 Å². The van der Waals surface area contributed by atoms with E-state index in [9.17, 15) is 0 Å². The number of rotatable bonds is 4. The Morgan fingerprint density at radius 1 is 1.30 bits per heavy atom. The van der Waals surface area contributed by atoms with Crippen molar-refractivity contribution in [3.63, 3.8) is 0 Å². The molecule has 0 amide bonds. The summed E-state index contributed by atoms with van der Waals surface area (Å²) in [5.41, 5.74) is 8.23. The minimum absolute atomic E-state index is 0.290. The van der Waals surface area contributed by atoms with Crippen LogP contribution in [0.25, 0.3) is 0 Å². The fourth-order valence-corrected chi connectivity index (χ4v) is 2.11. The van der Waals surface area contributed by atoms with Gasteiger partial charge in [-0.2, -0.15) is 5.26 Å². The molecular weight excluding hydrogens is 272 g/mol. The lowest BCUT2D eigenvalue weighted by molar-refractivity contribution is 0.213. The van der Waals surface area contributed by atoms with Crippen LogP contribution in [0.3, 0.4) is 0 Å². The normalized spacial score (nSPS) is 11.7. The lowest BCUT2D eigenvalue weighted by Crippen LogP contribution is -2.18. The highest BCUT2D eigenvalue weighted by atomic mass is 35.5. The Morgan fingerprint density at radius 2 is 2.10 bits per heavy atom. The zero-order valence-electron chi connectivity index (χ0n) is 11.1. The molecule has 1 atom stereocenters. The lowest BCUT2D eigenvalue weighted by atomic mass is 10.1. The number of ether oxygens (including phenoxy) is 1. The smallest absolute Gasteiger partial charge is 0.136 e. The predicted molar refractivity (Wildman–Crippen MR) is 79.8 cm³/mol. The standard InChI is InChI=1S/C16H15ClN2O/c1-11-5-6-12(9-18)7-15(11)20-16(10-19)13-3-2-4-14(17)8-13/h2-8,16H,10,19H2,1H3. The molecule has 4 heteroatoms. The molecule has 2 rings (SSSR count). The number of halogens is 1. The molecule has 0 aliphatic carbocycles. The van der Waals surface area contributed by atoms with Crippen molar-refractivity contribution in [1.29, 1.82) is 5.26 Å². The topological polar surface area (TPSA) is 59.0 Å². The van der Waals surface area contributed by atoms with Crippen molar-refractivity contribution in [2.75, 3.05) is 6.54 Å². The zero-order chi connectivity index (χ0) is 14.5. The van der Waals surface area contributed by atoms with Gasteiger partial charge in [-0.05, 0) is 42.3 Å². The predicted octanol–water partition coefficient (Wildman–Crippen LogP) is 3.60. The first-order valence-corrected chi connectivity index (χ1v) is 6.64. The molecule has 0 aromatic heterocycles. The van der Waals surface area contributed by atoms with Crippen molar-refractivity contribution in [2.45, 2.75) is 13.0 Å². The van der Waals surface area contributed by atoms with E-state index in [4.69, 9.17) is 27.3 Å². The first-order valence-electron chi connectivity index (χ1n) is 6.27. The molecule has 0 aliphatic heterocycles. The van der Waals surface area contributed by atoms with Gasteiger partial charge in [-0.25, -0.2) is 0 Å². The highest BCUT2D eigenvalue weighted by Crippen LogP contribution is 2.26. The van der Waals surface area contributed by atoms with Crippen molar-refractivity contribution >= 4 is 11.6 Å². The van der Waals surface area contributed by atoms with Crippen LogP contribution >= 0.6 is 11.6 Å². The van der Waals surface area contributed by atoms with Crippen LogP contribution in [-0.4, -0.2) is 6.54 Å². The first kappa shape index (κ1) is 14.4. The highest BCUT2D eigenvalue weighted by molar-refractivity contribution is 6.30. The van der Waals surface area contributed by atoms with Crippen LogP contribution in [0.4, 0.5) is 0 Å². The third-order valence-electron chi connectivity index (χ3n) is 3.02. The summed E-state index contributed by atoms with van der Waals surface area (Å²) in [6.45, 7) is 2.26. The maximum Gasteiger partial charge on any atom is 0.136 e. The quantitative estimate of drug-likeness (QED) is 0.934. The fourth-order valence-electron chi connectivity index (χ4n) is 1.91. The number of nitriles is 1. The summed E-state index contributed by atoms with van der Waals surface area (Å²) in [4.78, 5) is 0. The Morgan fingerprint density at radius 3 is 2.75 bits per heavy atom. The highest BCUT2D eigenvalue weighted by Gasteiger charge is 2.13. The molecule has 1 unspecified atom stereocenters. The summed E-state index contributed by atoms with van der Waals surface area (Å²) in [5, 5.41) is 9.60. The summed E-state index contributed by atoms with van der Waals surface area (Å²) < 4.78 is 5.94. The van der Waals surface area contributed by atoms with Crippen LogP contribution in [0.5, 0.6) is 5.75 Å². The summed E-state index contributed by atoms with van der Waals surface area (Å²) in [5.74, 6) is 0.666. The molecule has 0 bridgehead atoms. The molecule has 3 nitrogen and oxygen atoms in total. The van der Waals surface area contributed by atoms with E-state index in [2.05, 4.69) is 6.07 Å². The molecule has 20 heavy (non-hydrogen) atoms. The third-order valence-corrected chi connectivity index (χ3v) is 3.26. The van der Waals surface area contributed by atoms with E-state index in [0.717, 1.165) is 11.1 Å². The van der Waals surface area contributed by atoms with Crippen LogP contribution < -0.4 is 10.5 Å². The van der Waals surface area contributed by atoms with Crippen molar-refractivity contribution in [3.05, 3.63) is 64.2 Å². The molecule has 0 heterocycles. The molecule has 0 aliphatic rings. The van der Waals surface area contributed by atoms with Gasteiger partial charge in [-0.3, -0.25) is 0 Å². The Bertz CT molecular complexity index is 649. The van der Waals surface area contributed by atoms with Gasteiger partial charge in [-0.1, -0.05) is 29.8 Å². The first-order chi connectivity index (χ1) is 9.63. The van der Waals surface area contributed by atoms with E-state index in [1.807, 2.05) is 31.2 Å². The van der Waals surface area contributed by atoms with E-state index in [1.54, 1.807) is 18.2 Å². The van der Waals surface area contributed by atoms with Gasteiger partial charge in [0.2, 0.25) is 0 Å². The number of nitrogens with zero attached hydrogens (tertiary/aromatic N) is 1. The van der Waals surface area contributed by atoms with Gasteiger partial charge in [0.15, 0.2) is 0 Å². The monoisotopic (exact) mass is 286 g/mol. The SMILES string of the molecule is Cc1ccc(C#N)cc1OC(CN)c1cccc(Cl)c1. The van der Waals surface area contributed by atoms with Crippen molar-refractivity contribution in [1.82, 2.24) is 0 Å². The molecule has 0 saturated carbocycles. The molecule has 2 N–H and O–H groups in total. The van der Waals surface area contributed by atoms with Gasteiger partial charge >= 0.3 is 0 Å². The van der Waals surface area contributed by atoms with E-state index >= 15 is 0 Å². The van der Waals surface area contributed by atoms with E-state index in [-0.39, 0.29) is 6.10 Å². The molecule has 0 radical (unpaired) electrons. The molecule has 0 spiro atoms. The average molecular weight is 287 g/mol. The van der Waals surface area contributed by atoms with Crippen LogP contribution in [0.2, 0.25) is 5.02 Å². The van der Waals surface area contributed by atoms with Crippen molar-refractivity contribution in [3.8, 4) is 11.8 Å². The van der Waals surface area contributed by atoms with Gasteiger partial charge in [0.1, 0.15) is 11.9 Å². The van der Waals surface area contributed by atoms with Gasteiger partial charge in [0.05, 0.1) is 11.6 Å². The van der Waals surface area contributed by atoms with Gasteiger partial charge in [-0.15, -0.1) is 0 Å². The second kappa shape index (κ2) is 6.42. The number of hydrogen-bond donors (Lipinski definition) is 1. The second-order valence-corrected chi connectivity index (χ2v) is 4.93. The fraction of sp³-hybridized carbons (Fsp3) is 0.188. The summed E-state index contributed by atoms with van der Waals surface area (Å²) >= 11 is 5.99. The zero-order valence-corrected chi connectivity index (χ0v) is 11.9. The molecule has 102 valence electrons. The Balaban J connectivity index is 2.29. The molecule has 2 aromatic carbocycles. The minimum Gasteiger partial charge on any atom is -0.484 e. The molecule has 0 saturated heterocycles. The number of benzene rings is 2. The van der Waals surface area contributed by atoms with Crippen molar-refractivity contribution in [2.24, 2.45) is 5.73 Å². The van der Waals surface area contributed by atoms with Gasteiger partial charge in [0, 0.05) is 11.6 Å². The second-order valence-electron chi connectivity index (χ2n) is 4.49. The van der Waals surface area contributed by atoms with E-state index in [1.165, 1.54) is 0 Å². The Labute approximate surface area is 123 Å². The third kappa shape index (κ3) is 3.30. The summed E-state index contributed by atoms with van der Waals surface area (Å²) in [6, 6.07) is 14.9. The van der Waals surface area contributed by atoms with Crippen LogP contribution in [0.15, 0.2) is 42.5 Å². The van der Waals surface area contributed by atoms with E-state index < -0.39 is 0 Å². The number of nitrogens with two attached hydrogens (primary N) is 1. The molecule has 0 fully saturated rings. The number of hydrogen-bond acceptors (Lipinski definition) is 3. The van der Waals surface area contributed by atoms with Crippen LogP contribution in [0, 0.1) is 18.3 Å². The number of aryl methyl sites for hydroxylation is 1. The summed E-state index contributed by atoms with van der Waals surface area (Å²) in [7, 11) is 0. The summed E-state index contributed by atoms with van der Waals surface area (Å²) in [6.07, 6.45) is -0.290. The lowest BCUT2D eigenvalue weighted by Gasteiger charge is -2.19. The Hall–Kier alpha value is -2.02. The molecular formula is C16H15ClN2O. The maximum absolute atomic E-state index is 8.95. The Kier molecular flexibility index (Phi) is 4.62. The maximum atomic E-state index is 8.95. The van der Waals surface area contributed by atoms with Crippen LogP contribution in [-0.2, 0) is 0 Å². The van der Waals surface area contributed by atoms with Gasteiger partial charge < -0.3 is 10.5 Å². The van der Waals surface area contributed by atoms with Gasteiger partial charge in [0.25, 0.3) is 0 Å².